The number of rotatable bonds is 12. The third-order valence-electron chi connectivity index (χ3n) is 7.34. The lowest BCUT2D eigenvalue weighted by atomic mass is 9.95. The van der Waals surface area contributed by atoms with Crippen LogP contribution in [-0.4, -0.2) is 47.7 Å². The molecule has 5 rings (SSSR count). The molecule has 1 unspecified atom stereocenters. The van der Waals surface area contributed by atoms with Gasteiger partial charge in [0.25, 0.3) is 11.6 Å². The van der Waals surface area contributed by atoms with Crippen LogP contribution >= 0.6 is 0 Å². The summed E-state index contributed by atoms with van der Waals surface area (Å²) in [4.78, 5) is -0.628. The second-order valence-corrected chi connectivity index (χ2v) is 12.5. The van der Waals surface area contributed by atoms with E-state index >= 15 is 0 Å². The minimum atomic E-state index is -4.83. The molecule has 47 heavy (non-hydrogen) atoms. The molecule has 0 amide bonds. The average Bonchev–Trinajstić information content (AvgIpc) is 3.07. The molecule has 0 bridgehead atoms. The normalized spacial score (nSPS) is 22.3. The Morgan fingerprint density at radius 3 is 1.68 bits per heavy atom. The Hall–Kier alpha value is -4.08. The van der Waals surface area contributed by atoms with E-state index in [1.807, 2.05) is 0 Å². The van der Waals surface area contributed by atoms with Crippen LogP contribution in [0.25, 0.3) is 0 Å². The van der Waals surface area contributed by atoms with Crippen LogP contribution in [0.4, 0.5) is 13.2 Å². The summed E-state index contributed by atoms with van der Waals surface area (Å²) in [6, 6.07) is 28.0. The summed E-state index contributed by atoms with van der Waals surface area (Å²) in [5.74, 6) is -6.06. The molecule has 9 nitrogen and oxygen atoms in total. The van der Waals surface area contributed by atoms with E-state index in [0.29, 0.717) is 34.9 Å². The largest absolute Gasteiger partial charge is 0.468 e. The van der Waals surface area contributed by atoms with E-state index in [9.17, 15) is 36.9 Å². The van der Waals surface area contributed by atoms with Crippen molar-refractivity contribution in [3.05, 3.63) is 149 Å². The SMILES string of the molecule is O=S(=O)(C1=C[C@](O)(OCc2ccccc2)[C@@](O)(OCc2ccccc2)[C@@H](C(O)OCc2ccccc2)O1)c1ccc(C(F)(F)F)cc1. The summed E-state index contributed by atoms with van der Waals surface area (Å²) in [5.41, 5.74) is 0.538. The van der Waals surface area contributed by atoms with E-state index in [-0.39, 0.29) is 19.8 Å². The Bertz CT molecular complexity index is 1750. The van der Waals surface area contributed by atoms with Crippen molar-refractivity contribution in [2.45, 2.75) is 54.9 Å². The maximum atomic E-state index is 13.8. The minimum absolute atomic E-state index is 0.232. The molecule has 0 saturated carbocycles. The van der Waals surface area contributed by atoms with Crippen molar-refractivity contribution in [2.75, 3.05) is 0 Å². The summed E-state index contributed by atoms with van der Waals surface area (Å²) in [7, 11) is -4.83. The second kappa shape index (κ2) is 14.0. The molecule has 0 saturated heterocycles. The standard InChI is InChI=1S/C34H31F3O9S/c35-34(36,37)27-16-18-28(19-17-27)47(41,42)29-20-32(39,44-22-25-12-6-2-7-13-25)33(40,45-23-26-14-8-3-9-15-26)30(46-29)31(38)43-21-24-10-4-1-5-11-24/h1-20,30-31,38-40H,21-23H2/t30-,31?,32+,33+/m1/s1. The number of hydrogen-bond donors (Lipinski definition) is 3. The quantitative estimate of drug-likeness (QED) is 0.177. The molecule has 3 N–H and O–H groups in total. The monoisotopic (exact) mass is 672 g/mol. The van der Waals surface area contributed by atoms with Crippen LogP contribution in [0, 0.1) is 0 Å². The van der Waals surface area contributed by atoms with Crippen molar-refractivity contribution < 1.29 is 55.9 Å². The van der Waals surface area contributed by atoms with Crippen molar-refractivity contribution >= 4 is 9.84 Å². The molecule has 4 atom stereocenters. The Morgan fingerprint density at radius 1 is 0.723 bits per heavy atom. The first-order valence-corrected chi connectivity index (χ1v) is 15.8. The Labute approximate surface area is 269 Å². The average molecular weight is 673 g/mol. The van der Waals surface area contributed by atoms with Crippen molar-refractivity contribution in [1.82, 2.24) is 0 Å². The zero-order valence-corrected chi connectivity index (χ0v) is 25.5. The number of benzene rings is 4. The Morgan fingerprint density at radius 2 is 1.19 bits per heavy atom. The highest BCUT2D eigenvalue weighted by Gasteiger charge is 2.64. The van der Waals surface area contributed by atoms with Crippen LogP contribution in [0.3, 0.4) is 0 Å². The fourth-order valence-corrected chi connectivity index (χ4v) is 6.02. The third-order valence-corrected chi connectivity index (χ3v) is 8.97. The van der Waals surface area contributed by atoms with Gasteiger partial charge in [-0.05, 0) is 41.0 Å². The summed E-state index contributed by atoms with van der Waals surface area (Å²) >= 11 is 0. The van der Waals surface area contributed by atoms with Gasteiger partial charge in [0.05, 0.1) is 30.3 Å². The van der Waals surface area contributed by atoms with E-state index in [1.54, 1.807) is 91.0 Å². The molecule has 0 spiro atoms. The highest BCUT2D eigenvalue weighted by atomic mass is 32.2. The fraction of sp³-hybridized carbons (Fsp3) is 0.235. The van der Waals surface area contributed by atoms with Gasteiger partial charge in [0.15, 0.2) is 6.29 Å². The second-order valence-electron chi connectivity index (χ2n) is 10.7. The van der Waals surface area contributed by atoms with Gasteiger partial charge in [-0.1, -0.05) is 91.0 Å². The molecule has 1 aliphatic rings. The summed E-state index contributed by atoms with van der Waals surface area (Å²) in [6.07, 6.45) is -8.50. The molecule has 1 aliphatic heterocycles. The van der Waals surface area contributed by atoms with Gasteiger partial charge < -0.3 is 34.3 Å². The number of aliphatic hydroxyl groups is 3. The van der Waals surface area contributed by atoms with Crippen LogP contribution in [0.2, 0.25) is 0 Å². The predicted molar refractivity (Wildman–Crippen MR) is 161 cm³/mol. The molecular formula is C34H31F3O9S. The molecule has 1 heterocycles. The van der Waals surface area contributed by atoms with Crippen molar-refractivity contribution in [1.29, 1.82) is 0 Å². The lowest BCUT2D eigenvalue weighted by Crippen LogP contribution is -2.69. The van der Waals surface area contributed by atoms with Crippen LogP contribution in [0.1, 0.15) is 22.3 Å². The van der Waals surface area contributed by atoms with Crippen LogP contribution in [0.5, 0.6) is 0 Å². The first-order valence-electron chi connectivity index (χ1n) is 14.3. The fourth-order valence-electron chi connectivity index (χ4n) is 4.75. The van der Waals surface area contributed by atoms with Gasteiger partial charge in [-0.3, -0.25) is 0 Å². The van der Waals surface area contributed by atoms with Crippen molar-refractivity contribution in [3.63, 3.8) is 0 Å². The molecule has 0 aromatic heterocycles. The van der Waals surface area contributed by atoms with Gasteiger partial charge in [-0.15, -0.1) is 0 Å². The van der Waals surface area contributed by atoms with Gasteiger partial charge in [-0.25, -0.2) is 8.42 Å². The molecule has 0 aliphatic carbocycles. The first kappa shape index (κ1) is 34.3. The molecule has 248 valence electrons. The van der Waals surface area contributed by atoms with Gasteiger partial charge in [0.2, 0.25) is 21.0 Å². The topological polar surface area (TPSA) is 132 Å². The highest BCUT2D eigenvalue weighted by Crippen LogP contribution is 2.43. The molecule has 0 radical (unpaired) electrons. The highest BCUT2D eigenvalue weighted by molar-refractivity contribution is 7.95. The zero-order chi connectivity index (χ0) is 33.7. The third kappa shape index (κ3) is 7.74. The number of ether oxygens (including phenoxy) is 4. The summed E-state index contributed by atoms with van der Waals surface area (Å²) < 4.78 is 89.9. The first-order chi connectivity index (χ1) is 22.3. The molecule has 13 heteroatoms. The number of alkyl halides is 3. The predicted octanol–water partition coefficient (Wildman–Crippen LogP) is 5.07. The minimum Gasteiger partial charge on any atom is -0.468 e. The van der Waals surface area contributed by atoms with Gasteiger partial charge in [0, 0.05) is 6.08 Å². The van der Waals surface area contributed by atoms with Crippen molar-refractivity contribution in [2.24, 2.45) is 0 Å². The van der Waals surface area contributed by atoms with E-state index in [1.165, 1.54) is 0 Å². The van der Waals surface area contributed by atoms with Gasteiger partial charge in [-0.2, -0.15) is 13.2 Å². The Kier molecular flexibility index (Phi) is 10.2. The van der Waals surface area contributed by atoms with Crippen LogP contribution < -0.4 is 0 Å². The zero-order valence-electron chi connectivity index (χ0n) is 24.7. The van der Waals surface area contributed by atoms with E-state index in [0.717, 1.165) is 12.1 Å². The molecular weight excluding hydrogens is 641 g/mol. The lowest BCUT2D eigenvalue weighted by molar-refractivity contribution is -0.424. The summed E-state index contributed by atoms with van der Waals surface area (Å²) in [5, 5.41) is 34.4. The smallest absolute Gasteiger partial charge is 0.416 e. The number of aliphatic hydroxyl groups excluding tert-OH is 1. The van der Waals surface area contributed by atoms with Gasteiger partial charge in [0.1, 0.15) is 0 Å². The summed E-state index contributed by atoms with van der Waals surface area (Å²) in [6.45, 7) is -0.981. The molecule has 0 fully saturated rings. The van der Waals surface area contributed by atoms with Crippen molar-refractivity contribution in [3.8, 4) is 0 Å². The van der Waals surface area contributed by atoms with Crippen LogP contribution in [0.15, 0.2) is 131 Å². The lowest BCUT2D eigenvalue weighted by Gasteiger charge is -2.48. The maximum Gasteiger partial charge on any atom is 0.416 e. The molecule has 4 aromatic carbocycles. The maximum absolute atomic E-state index is 13.8. The van der Waals surface area contributed by atoms with E-state index in [2.05, 4.69) is 0 Å². The van der Waals surface area contributed by atoms with Crippen LogP contribution in [-0.2, 0) is 54.8 Å². The van der Waals surface area contributed by atoms with E-state index < -0.39 is 55.5 Å². The van der Waals surface area contributed by atoms with Gasteiger partial charge >= 0.3 is 6.18 Å². The number of hydrogen-bond acceptors (Lipinski definition) is 9. The number of sulfone groups is 1. The van der Waals surface area contributed by atoms with E-state index in [4.69, 9.17) is 18.9 Å². The Balaban J connectivity index is 1.57. The molecule has 4 aromatic rings. The number of halogens is 3.